The maximum atomic E-state index is 5.92. The Hall–Kier alpha value is -0.530. The van der Waals surface area contributed by atoms with E-state index >= 15 is 0 Å². The van der Waals surface area contributed by atoms with Crippen molar-refractivity contribution in [3.8, 4) is 0 Å². The molecule has 0 heterocycles. The lowest BCUT2D eigenvalue weighted by molar-refractivity contribution is 0.539. The van der Waals surface area contributed by atoms with Crippen molar-refractivity contribution in [2.24, 2.45) is 0 Å². The second-order valence-electron chi connectivity index (χ2n) is 3.63. The fourth-order valence-corrected chi connectivity index (χ4v) is 2.00. The molecule has 2 heteroatoms. The molecule has 0 aliphatic carbocycles. The molecule has 0 radical (unpaired) electrons. The highest BCUT2D eigenvalue weighted by Gasteiger charge is 2.10. The Kier molecular flexibility index (Phi) is 4.43. The van der Waals surface area contributed by atoms with Crippen molar-refractivity contribution in [1.82, 2.24) is 5.32 Å². The molecule has 0 fully saturated rings. The number of hydrogen-bond donors (Lipinski definition) is 1. The molecule has 0 saturated heterocycles. The number of rotatable bonds is 4. The van der Waals surface area contributed by atoms with E-state index in [1.165, 1.54) is 24.0 Å². The van der Waals surface area contributed by atoms with Crippen LogP contribution in [-0.2, 0) is 0 Å². The summed E-state index contributed by atoms with van der Waals surface area (Å²) in [6.45, 7) is 4.32. The molecule has 1 N–H and O–H groups in total. The van der Waals surface area contributed by atoms with Crippen LogP contribution in [0.5, 0.6) is 0 Å². The highest BCUT2D eigenvalue weighted by Crippen LogP contribution is 2.24. The third-order valence-electron chi connectivity index (χ3n) is 2.53. The summed E-state index contributed by atoms with van der Waals surface area (Å²) in [5.74, 6) is 0. The van der Waals surface area contributed by atoms with Crippen molar-refractivity contribution in [3.05, 3.63) is 34.3 Å². The summed E-state index contributed by atoms with van der Waals surface area (Å²) in [6.07, 6.45) is 2.35. The van der Waals surface area contributed by atoms with Gasteiger partial charge in [0.25, 0.3) is 0 Å². The molecule has 0 aliphatic heterocycles. The minimum atomic E-state index is 0.456. The average Bonchev–Trinajstić information content (AvgIpc) is 2.15. The zero-order valence-corrected chi connectivity index (χ0v) is 9.86. The van der Waals surface area contributed by atoms with Crippen molar-refractivity contribution < 1.29 is 0 Å². The summed E-state index contributed by atoms with van der Waals surface area (Å²) in [5, 5.41) is 4.15. The Morgan fingerprint density at radius 2 is 2.14 bits per heavy atom. The lowest BCUT2D eigenvalue weighted by Gasteiger charge is -2.18. The van der Waals surface area contributed by atoms with E-state index < -0.39 is 0 Å². The van der Waals surface area contributed by atoms with Crippen LogP contribution in [0.2, 0.25) is 5.02 Å². The Bertz CT molecular complexity index is 296. The molecule has 1 aromatic rings. The lowest BCUT2D eigenvalue weighted by Crippen LogP contribution is -2.16. The van der Waals surface area contributed by atoms with Crippen LogP contribution in [0.1, 0.15) is 36.9 Å². The van der Waals surface area contributed by atoms with E-state index in [0.717, 1.165) is 5.02 Å². The maximum Gasteiger partial charge on any atom is 0.0408 e. The van der Waals surface area contributed by atoms with Gasteiger partial charge in [0.1, 0.15) is 0 Å². The largest absolute Gasteiger partial charge is 0.313 e. The molecular weight excluding hydrogens is 194 g/mol. The molecule has 0 aliphatic rings. The molecule has 0 saturated carbocycles. The van der Waals surface area contributed by atoms with Gasteiger partial charge in [0.2, 0.25) is 0 Å². The molecule has 0 bridgehead atoms. The van der Waals surface area contributed by atoms with Gasteiger partial charge in [-0.3, -0.25) is 0 Å². The first-order chi connectivity index (χ1) is 6.69. The first-order valence-corrected chi connectivity index (χ1v) is 5.50. The monoisotopic (exact) mass is 211 g/mol. The third-order valence-corrected chi connectivity index (χ3v) is 2.77. The van der Waals surface area contributed by atoms with Crippen LogP contribution in [0.15, 0.2) is 18.2 Å². The molecule has 0 amide bonds. The SMILES string of the molecule is CCCC(NC)c1ccc(Cl)cc1C. The molecule has 1 rings (SSSR count). The summed E-state index contributed by atoms with van der Waals surface area (Å²) in [5.41, 5.74) is 2.63. The van der Waals surface area contributed by atoms with Crippen molar-refractivity contribution in [2.75, 3.05) is 7.05 Å². The summed E-state index contributed by atoms with van der Waals surface area (Å²) in [6, 6.07) is 6.56. The van der Waals surface area contributed by atoms with Crippen molar-refractivity contribution in [3.63, 3.8) is 0 Å². The Morgan fingerprint density at radius 3 is 2.64 bits per heavy atom. The Labute approximate surface area is 91.5 Å². The van der Waals surface area contributed by atoms with Gasteiger partial charge in [0.15, 0.2) is 0 Å². The van der Waals surface area contributed by atoms with Crippen LogP contribution in [0.25, 0.3) is 0 Å². The first-order valence-electron chi connectivity index (χ1n) is 5.12. The molecule has 78 valence electrons. The third kappa shape index (κ3) is 2.73. The van der Waals surface area contributed by atoms with Crippen molar-refractivity contribution in [2.45, 2.75) is 32.7 Å². The van der Waals surface area contributed by atoms with Gasteiger partial charge in [0.05, 0.1) is 0 Å². The second-order valence-corrected chi connectivity index (χ2v) is 4.07. The topological polar surface area (TPSA) is 12.0 Å². The van der Waals surface area contributed by atoms with E-state index in [1.807, 2.05) is 19.2 Å². The van der Waals surface area contributed by atoms with E-state index in [4.69, 9.17) is 11.6 Å². The Balaban J connectivity index is 2.92. The molecule has 0 aromatic heterocycles. The molecule has 1 unspecified atom stereocenters. The number of aryl methyl sites for hydroxylation is 1. The summed E-state index contributed by atoms with van der Waals surface area (Å²) in [4.78, 5) is 0. The Morgan fingerprint density at radius 1 is 1.43 bits per heavy atom. The standard InChI is InChI=1S/C12H18ClN/c1-4-5-12(14-3)11-7-6-10(13)8-9(11)2/h6-8,12,14H,4-5H2,1-3H3. The number of benzene rings is 1. The van der Waals surface area contributed by atoms with Crippen molar-refractivity contribution in [1.29, 1.82) is 0 Å². The highest BCUT2D eigenvalue weighted by atomic mass is 35.5. The van der Waals surface area contributed by atoms with Gasteiger partial charge < -0.3 is 5.32 Å². The first kappa shape index (κ1) is 11.5. The van der Waals surface area contributed by atoms with E-state index in [1.54, 1.807) is 0 Å². The zero-order valence-electron chi connectivity index (χ0n) is 9.10. The van der Waals surface area contributed by atoms with Crippen LogP contribution >= 0.6 is 11.6 Å². The van der Waals surface area contributed by atoms with Crippen LogP contribution in [0, 0.1) is 6.92 Å². The highest BCUT2D eigenvalue weighted by molar-refractivity contribution is 6.30. The van der Waals surface area contributed by atoms with Crippen LogP contribution in [0.3, 0.4) is 0 Å². The zero-order chi connectivity index (χ0) is 10.6. The summed E-state index contributed by atoms with van der Waals surface area (Å²) < 4.78 is 0. The predicted molar refractivity (Wildman–Crippen MR) is 62.9 cm³/mol. The average molecular weight is 212 g/mol. The summed E-state index contributed by atoms with van der Waals surface area (Å²) in [7, 11) is 2.01. The van der Waals surface area contributed by atoms with Crippen LogP contribution < -0.4 is 5.32 Å². The van der Waals surface area contributed by atoms with E-state index in [0.29, 0.717) is 6.04 Å². The van der Waals surface area contributed by atoms with Gasteiger partial charge in [0, 0.05) is 11.1 Å². The van der Waals surface area contributed by atoms with Crippen LogP contribution in [-0.4, -0.2) is 7.05 Å². The molecule has 1 aromatic carbocycles. The van der Waals surface area contributed by atoms with E-state index in [-0.39, 0.29) is 0 Å². The number of nitrogens with one attached hydrogen (secondary N) is 1. The maximum absolute atomic E-state index is 5.92. The normalized spacial score (nSPS) is 12.9. The molecule has 14 heavy (non-hydrogen) atoms. The fraction of sp³-hybridized carbons (Fsp3) is 0.500. The van der Waals surface area contributed by atoms with E-state index in [2.05, 4.69) is 25.2 Å². The molecule has 0 spiro atoms. The fourth-order valence-electron chi connectivity index (χ4n) is 1.77. The molecular formula is C12H18ClN. The predicted octanol–water partition coefficient (Wildman–Crippen LogP) is 3.71. The van der Waals surface area contributed by atoms with Gasteiger partial charge in [-0.2, -0.15) is 0 Å². The van der Waals surface area contributed by atoms with E-state index in [9.17, 15) is 0 Å². The van der Waals surface area contributed by atoms with Gasteiger partial charge in [-0.15, -0.1) is 0 Å². The van der Waals surface area contributed by atoms with Crippen molar-refractivity contribution >= 4 is 11.6 Å². The van der Waals surface area contributed by atoms with Gasteiger partial charge in [-0.05, 0) is 43.7 Å². The van der Waals surface area contributed by atoms with Gasteiger partial charge in [-0.25, -0.2) is 0 Å². The second kappa shape index (κ2) is 5.38. The smallest absolute Gasteiger partial charge is 0.0408 e. The minimum Gasteiger partial charge on any atom is -0.313 e. The summed E-state index contributed by atoms with van der Waals surface area (Å²) >= 11 is 5.92. The number of halogens is 1. The van der Waals surface area contributed by atoms with Gasteiger partial charge in [-0.1, -0.05) is 31.0 Å². The quantitative estimate of drug-likeness (QED) is 0.801. The number of hydrogen-bond acceptors (Lipinski definition) is 1. The lowest BCUT2D eigenvalue weighted by atomic mass is 9.98. The van der Waals surface area contributed by atoms with Gasteiger partial charge >= 0.3 is 0 Å². The van der Waals surface area contributed by atoms with Crippen LogP contribution in [0.4, 0.5) is 0 Å². The minimum absolute atomic E-state index is 0.456. The molecule has 1 nitrogen and oxygen atoms in total. The molecule has 1 atom stereocenters.